The van der Waals surface area contributed by atoms with Crippen molar-refractivity contribution >= 4 is 51.5 Å². The molecule has 0 spiro atoms. The Morgan fingerprint density at radius 2 is 1.89 bits per heavy atom. The summed E-state index contributed by atoms with van der Waals surface area (Å²) in [6.45, 7) is 4.34. The van der Waals surface area contributed by atoms with Gasteiger partial charge < -0.3 is 15.4 Å². The summed E-state index contributed by atoms with van der Waals surface area (Å²) in [5.41, 5.74) is 2.17. The molecule has 0 radical (unpaired) electrons. The maximum absolute atomic E-state index is 5.39. The number of nitrogens with one attached hydrogen (secondary N) is 2. The van der Waals surface area contributed by atoms with Gasteiger partial charge in [0.25, 0.3) is 0 Å². The van der Waals surface area contributed by atoms with Crippen molar-refractivity contribution in [3.8, 4) is 5.75 Å². The van der Waals surface area contributed by atoms with Crippen LogP contribution in [-0.2, 0) is 13.0 Å². The molecule has 0 aliphatic heterocycles. The Labute approximate surface area is 187 Å². The van der Waals surface area contributed by atoms with Crippen LogP contribution >= 0.6 is 35.3 Å². The molecule has 0 aliphatic rings. The number of ether oxygens (including phenoxy) is 1. The first kappa shape index (κ1) is 22.4. The largest absolute Gasteiger partial charge is 0.496 e. The summed E-state index contributed by atoms with van der Waals surface area (Å²) < 4.78 is 6.65. The maximum Gasteiger partial charge on any atom is 0.191 e. The highest BCUT2D eigenvalue weighted by atomic mass is 127. The van der Waals surface area contributed by atoms with Gasteiger partial charge in [-0.25, -0.2) is 9.98 Å². The first-order valence-corrected chi connectivity index (χ1v) is 10.1. The normalized spacial score (nSPS) is 11.1. The van der Waals surface area contributed by atoms with Crippen LogP contribution in [0, 0.1) is 0 Å². The van der Waals surface area contributed by atoms with Crippen molar-refractivity contribution in [3.05, 3.63) is 59.1 Å². The number of methoxy groups -OCH3 is 1. The van der Waals surface area contributed by atoms with Crippen molar-refractivity contribution in [2.24, 2.45) is 4.99 Å². The molecule has 7 heteroatoms. The number of rotatable bonds is 8. The molecule has 0 saturated heterocycles. The average molecular weight is 510 g/mol. The van der Waals surface area contributed by atoms with Gasteiger partial charge in [-0.05, 0) is 31.5 Å². The van der Waals surface area contributed by atoms with Gasteiger partial charge in [-0.2, -0.15) is 0 Å². The van der Waals surface area contributed by atoms with Crippen LogP contribution in [0.5, 0.6) is 5.75 Å². The number of hydrogen-bond acceptors (Lipinski definition) is 4. The summed E-state index contributed by atoms with van der Waals surface area (Å²) in [4.78, 5) is 9.36. The molecular formula is C21H27IN4OS. The Morgan fingerprint density at radius 1 is 1.11 bits per heavy atom. The molecule has 1 aromatic heterocycles. The zero-order valence-corrected chi connectivity index (χ0v) is 19.4. The minimum absolute atomic E-state index is 0. The molecule has 0 aliphatic carbocycles. The quantitative estimate of drug-likeness (QED) is 0.201. The molecule has 0 atom stereocenters. The third-order valence-electron chi connectivity index (χ3n) is 4.14. The molecule has 1 heterocycles. The molecule has 3 rings (SSSR count). The zero-order chi connectivity index (χ0) is 18.9. The predicted octanol–water partition coefficient (Wildman–Crippen LogP) is 4.61. The zero-order valence-electron chi connectivity index (χ0n) is 16.3. The second-order valence-electron chi connectivity index (χ2n) is 6.11. The van der Waals surface area contributed by atoms with Crippen molar-refractivity contribution in [1.29, 1.82) is 0 Å². The van der Waals surface area contributed by atoms with E-state index in [4.69, 9.17) is 9.72 Å². The highest BCUT2D eigenvalue weighted by molar-refractivity contribution is 14.0. The molecule has 0 bridgehead atoms. The van der Waals surface area contributed by atoms with Crippen LogP contribution in [0.1, 0.15) is 23.9 Å². The average Bonchev–Trinajstić information content (AvgIpc) is 3.12. The fourth-order valence-corrected chi connectivity index (χ4v) is 3.82. The van der Waals surface area contributed by atoms with Gasteiger partial charge in [0.05, 0.1) is 28.9 Å². The molecule has 150 valence electrons. The first-order chi connectivity index (χ1) is 13.3. The van der Waals surface area contributed by atoms with E-state index in [9.17, 15) is 0 Å². The predicted molar refractivity (Wildman–Crippen MR) is 129 cm³/mol. The van der Waals surface area contributed by atoms with Gasteiger partial charge in [-0.3, -0.25) is 0 Å². The second kappa shape index (κ2) is 11.9. The van der Waals surface area contributed by atoms with E-state index in [0.717, 1.165) is 48.7 Å². The van der Waals surface area contributed by atoms with Crippen molar-refractivity contribution < 1.29 is 4.74 Å². The van der Waals surface area contributed by atoms with Crippen LogP contribution in [0.3, 0.4) is 0 Å². The Morgan fingerprint density at radius 3 is 2.68 bits per heavy atom. The lowest BCUT2D eigenvalue weighted by Crippen LogP contribution is -2.37. The van der Waals surface area contributed by atoms with Gasteiger partial charge in [0.15, 0.2) is 5.96 Å². The smallest absolute Gasteiger partial charge is 0.191 e. The number of aryl methyl sites for hydroxylation is 1. The summed E-state index contributed by atoms with van der Waals surface area (Å²) in [5, 5.41) is 7.89. The van der Waals surface area contributed by atoms with Crippen LogP contribution in [0.25, 0.3) is 10.2 Å². The second-order valence-corrected chi connectivity index (χ2v) is 7.23. The van der Waals surface area contributed by atoms with Crippen molar-refractivity contribution in [1.82, 2.24) is 15.6 Å². The SMILES string of the molecule is CCNC(=NCc1ccccc1OC)NCCCc1nc2ccccc2s1.I. The highest BCUT2D eigenvalue weighted by Gasteiger charge is 2.04. The van der Waals surface area contributed by atoms with E-state index in [1.54, 1.807) is 18.4 Å². The van der Waals surface area contributed by atoms with E-state index in [2.05, 4.69) is 40.7 Å². The molecule has 28 heavy (non-hydrogen) atoms. The molecule has 5 nitrogen and oxygen atoms in total. The Hall–Kier alpha value is -1.87. The Balaban J connectivity index is 0.00000280. The number of aliphatic imine (C=N–C) groups is 1. The lowest BCUT2D eigenvalue weighted by atomic mass is 10.2. The van der Waals surface area contributed by atoms with Crippen molar-refractivity contribution in [2.75, 3.05) is 20.2 Å². The third-order valence-corrected chi connectivity index (χ3v) is 5.24. The van der Waals surface area contributed by atoms with E-state index in [0.29, 0.717) is 6.54 Å². The molecule has 0 unspecified atom stereocenters. The highest BCUT2D eigenvalue weighted by Crippen LogP contribution is 2.22. The van der Waals surface area contributed by atoms with E-state index in [1.165, 1.54) is 9.71 Å². The van der Waals surface area contributed by atoms with E-state index >= 15 is 0 Å². The lowest BCUT2D eigenvalue weighted by Gasteiger charge is -2.12. The molecule has 2 N–H and O–H groups in total. The summed E-state index contributed by atoms with van der Waals surface area (Å²) in [6, 6.07) is 16.3. The molecule has 0 amide bonds. The summed E-state index contributed by atoms with van der Waals surface area (Å²) >= 11 is 1.78. The van der Waals surface area contributed by atoms with Gasteiger partial charge in [0, 0.05) is 25.1 Å². The minimum Gasteiger partial charge on any atom is -0.496 e. The molecular weight excluding hydrogens is 483 g/mol. The number of fused-ring (bicyclic) bond motifs is 1. The number of aromatic nitrogens is 1. The number of para-hydroxylation sites is 2. The van der Waals surface area contributed by atoms with E-state index in [-0.39, 0.29) is 24.0 Å². The van der Waals surface area contributed by atoms with E-state index in [1.807, 2.05) is 30.3 Å². The van der Waals surface area contributed by atoms with Crippen molar-refractivity contribution in [2.45, 2.75) is 26.3 Å². The van der Waals surface area contributed by atoms with Crippen LogP contribution in [-0.4, -0.2) is 31.1 Å². The van der Waals surface area contributed by atoms with Gasteiger partial charge in [-0.15, -0.1) is 35.3 Å². The van der Waals surface area contributed by atoms with Crippen LogP contribution < -0.4 is 15.4 Å². The standard InChI is InChI=1S/C21H26N4OS.HI/c1-3-22-21(24-15-16-9-4-6-11-18(16)26-2)23-14-8-13-20-25-17-10-5-7-12-19(17)27-20;/h4-7,9-12H,3,8,13-15H2,1-2H3,(H2,22,23,24);1H. The molecule has 2 aromatic carbocycles. The number of hydrogen-bond donors (Lipinski definition) is 2. The number of benzene rings is 2. The minimum atomic E-state index is 0. The summed E-state index contributed by atoms with van der Waals surface area (Å²) in [6.07, 6.45) is 1.98. The van der Waals surface area contributed by atoms with Crippen LogP contribution in [0.4, 0.5) is 0 Å². The topological polar surface area (TPSA) is 58.5 Å². The Kier molecular flexibility index (Phi) is 9.49. The number of thiazole rings is 1. The monoisotopic (exact) mass is 510 g/mol. The fraction of sp³-hybridized carbons (Fsp3) is 0.333. The first-order valence-electron chi connectivity index (χ1n) is 9.28. The summed E-state index contributed by atoms with van der Waals surface area (Å²) in [5.74, 6) is 1.70. The fourth-order valence-electron chi connectivity index (χ4n) is 2.81. The van der Waals surface area contributed by atoms with E-state index < -0.39 is 0 Å². The third kappa shape index (κ3) is 6.34. The number of guanidine groups is 1. The van der Waals surface area contributed by atoms with Gasteiger partial charge in [0.1, 0.15) is 5.75 Å². The summed E-state index contributed by atoms with van der Waals surface area (Å²) in [7, 11) is 1.69. The van der Waals surface area contributed by atoms with Crippen LogP contribution in [0.2, 0.25) is 0 Å². The van der Waals surface area contributed by atoms with Gasteiger partial charge in [0.2, 0.25) is 0 Å². The molecule has 0 fully saturated rings. The van der Waals surface area contributed by atoms with Gasteiger partial charge in [-0.1, -0.05) is 30.3 Å². The van der Waals surface area contributed by atoms with Crippen molar-refractivity contribution in [3.63, 3.8) is 0 Å². The molecule has 0 saturated carbocycles. The lowest BCUT2D eigenvalue weighted by molar-refractivity contribution is 0.410. The Bertz CT molecular complexity index is 864. The van der Waals surface area contributed by atoms with Gasteiger partial charge >= 0.3 is 0 Å². The van der Waals surface area contributed by atoms with Crippen LogP contribution in [0.15, 0.2) is 53.5 Å². The number of nitrogens with zero attached hydrogens (tertiary/aromatic N) is 2. The maximum atomic E-state index is 5.39. The number of halogens is 1. The molecule has 3 aromatic rings.